The van der Waals surface area contributed by atoms with Crippen molar-refractivity contribution in [2.75, 3.05) is 12.8 Å². The fraction of sp³-hybridized carbons (Fsp3) is 0.300. The summed E-state index contributed by atoms with van der Waals surface area (Å²) in [5.41, 5.74) is 6.18. The molecule has 1 aromatic rings. The number of anilines is 1. The lowest BCUT2D eigenvalue weighted by Gasteiger charge is -2.13. The van der Waals surface area contributed by atoms with Gasteiger partial charge in [0.1, 0.15) is 5.75 Å². The Morgan fingerprint density at radius 3 is 2.86 bits per heavy atom. The number of benzene rings is 1. The van der Waals surface area contributed by atoms with Gasteiger partial charge in [-0.05, 0) is 19.1 Å². The van der Waals surface area contributed by atoms with Gasteiger partial charge in [-0.3, -0.25) is 4.79 Å². The molecule has 0 saturated heterocycles. The van der Waals surface area contributed by atoms with Crippen LogP contribution in [0.4, 0.5) is 5.69 Å². The Bertz CT molecular complexity index is 326. The van der Waals surface area contributed by atoms with E-state index in [1.165, 1.54) is 0 Å². The topological polar surface area (TPSA) is 64.3 Å². The van der Waals surface area contributed by atoms with Gasteiger partial charge in [0, 0.05) is 18.8 Å². The normalized spacial score (nSPS) is 11.9. The Hall–Kier alpha value is -1.71. The lowest BCUT2D eigenvalue weighted by atomic mass is 10.3. The zero-order chi connectivity index (χ0) is 10.6. The smallest absolute Gasteiger partial charge is 0.260 e. The fourth-order valence-corrected chi connectivity index (χ4v) is 1.05. The van der Waals surface area contributed by atoms with E-state index < -0.39 is 6.10 Å². The SMILES string of the molecule is CNC(=O)[C@@H](C)Oc1cccc(N)c1. The summed E-state index contributed by atoms with van der Waals surface area (Å²) in [5.74, 6) is 0.438. The van der Waals surface area contributed by atoms with Crippen LogP contribution in [0.25, 0.3) is 0 Å². The number of ether oxygens (including phenoxy) is 1. The molecule has 0 saturated carbocycles. The Morgan fingerprint density at radius 2 is 2.29 bits per heavy atom. The fourth-order valence-electron chi connectivity index (χ4n) is 1.05. The molecule has 4 heteroatoms. The molecule has 76 valence electrons. The lowest BCUT2D eigenvalue weighted by molar-refractivity contribution is -0.126. The van der Waals surface area contributed by atoms with Crippen molar-refractivity contribution in [3.8, 4) is 5.75 Å². The standard InChI is InChI=1S/C10H14N2O2/c1-7(10(13)12-2)14-9-5-3-4-8(11)6-9/h3-7H,11H2,1-2H3,(H,12,13)/t7-/m1/s1. The van der Waals surface area contributed by atoms with Gasteiger partial charge >= 0.3 is 0 Å². The van der Waals surface area contributed by atoms with Crippen molar-refractivity contribution in [1.82, 2.24) is 5.32 Å². The van der Waals surface area contributed by atoms with E-state index in [-0.39, 0.29) is 5.91 Å². The zero-order valence-electron chi connectivity index (χ0n) is 8.28. The van der Waals surface area contributed by atoms with Crippen molar-refractivity contribution in [2.24, 2.45) is 0 Å². The van der Waals surface area contributed by atoms with Crippen molar-refractivity contribution in [1.29, 1.82) is 0 Å². The van der Waals surface area contributed by atoms with Gasteiger partial charge in [-0.1, -0.05) is 6.07 Å². The van der Waals surface area contributed by atoms with E-state index in [9.17, 15) is 4.79 Å². The van der Waals surface area contributed by atoms with E-state index >= 15 is 0 Å². The van der Waals surface area contributed by atoms with E-state index in [0.29, 0.717) is 11.4 Å². The maximum atomic E-state index is 11.1. The Morgan fingerprint density at radius 1 is 1.57 bits per heavy atom. The van der Waals surface area contributed by atoms with Crippen LogP contribution in [-0.2, 0) is 4.79 Å². The highest BCUT2D eigenvalue weighted by molar-refractivity contribution is 5.80. The van der Waals surface area contributed by atoms with Crippen LogP contribution in [-0.4, -0.2) is 19.1 Å². The highest BCUT2D eigenvalue weighted by atomic mass is 16.5. The molecule has 0 radical (unpaired) electrons. The maximum absolute atomic E-state index is 11.1. The predicted molar refractivity (Wildman–Crippen MR) is 55.0 cm³/mol. The number of nitrogen functional groups attached to an aromatic ring is 1. The van der Waals surface area contributed by atoms with E-state index in [1.54, 1.807) is 38.2 Å². The quantitative estimate of drug-likeness (QED) is 0.699. The maximum Gasteiger partial charge on any atom is 0.260 e. The number of hydrogen-bond donors (Lipinski definition) is 2. The highest BCUT2D eigenvalue weighted by Crippen LogP contribution is 2.15. The van der Waals surface area contributed by atoms with Crippen molar-refractivity contribution in [3.63, 3.8) is 0 Å². The average Bonchev–Trinajstić information content (AvgIpc) is 2.16. The molecule has 0 fully saturated rings. The van der Waals surface area contributed by atoms with Gasteiger partial charge in [0.05, 0.1) is 0 Å². The van der Waals surface area contributed by atoms with Gasteiger partial charge in [0.25, 0.3) is 5.91 Å². The van der Waals surface area contributed by atoms with Crippen LogP contribution < -0.4 is 15.8 Å². The van der Waals surface area contributed by atoms with Crippen LogP contribution in [0.2, 0.25) is 0 Å². The van der Waals surface area contributed by atoms with Crippen LogP contribution >= 0.6 is 0 Å². The lowest BCUT2D eigenvalue weighted by Crippen LogP contribution is -2.33. The Labute approximate surface area is 83.1 Å². The molecule has 0 aliphatic heterocycles. The third-order valence-electron chi connectivity index (χ3n) is 1.79. The molecular formula is C10H14N2O2. The molecule has 0 aromatic heterocycles. The van der Waals surface area contributed by atoms with Crippen LogP contribution in [0.1, 0.15) is 6.92 Å². The summed E-state index contributed by atoms with van der Waals surface area (Å²) in [6.45, 7) is 1.68. The highest BCUT2D eigenvalue weighted by Gasteiger charge is 2.11. The molecule has 0 aliphatic rings. The Kier molecular flexibility index (Phi) is 3.34. The molecule has 1 atom stereocenters. The van der Waals surface area contributed by atoms with Gasteiger partial charge in [-0.25, -0.2) is 0 Å². The summed E-state index contributed by atoms with van der Waals surface area (Å²) >= 11 is 0. The van der Waals surface area contributed by atoms with Crippen molar-refractivity contribution in [3.05, 3.63) is 24.3 Å². The summed E-state index contributed by atoms with van der Waals surface area (Å²) < 4.78 is 5.36. The molecule has 4 nitrogen and oxygen atoms in total. The molecule has 3 N–H and O–H groups in total. The van der Waals surface area contributed by atoms with Crippen LogP contribution in [0.3, 0.4) is 0 Å². The van der Waals surface area contributed by atoms with Crippen LogP contribution in [0, 0.1) is 0 Å². The van der Waals surface area contributed by atoms with E-state index in [2.05, 4.69) is 5.32 Å². The zero-order valence-corrected chi connectivity index (χ0v) is 8.28. The second-order valence-corrected chi connectivity index (χ2v) is 2.95. The molecular weight excluding hydrogens is 180 g/mol. The van der Waals surface area contributed by atoms with Crippen LogP contribution in [0.15, 0.2) is 24.3 Å². The van der Waals surface area contributed by atoms with E-state index in [4.69, 9.17) is 10.5 Å². The van der Waals surface area contributed by atoms with Crippen molar-refractivity contribution in [2.45, 2.75) is 13.0 Å². The largest absolute Gasteiger partial charge is 0.481 e. The predicted octanol–water partition coefficient (Wildman–Crippen LogP) is 0.782. The molecule has 1 rings (SSSR count). The number of carbonyl (C=O) groups is 1. The number of likely N-dealkylation sites (N-methyl/N-ethyl adjacent to an activating group) is 1. The molecule has 0 aliphatic carbocycles. The first-order chi connectivity index (χ1) is 6.63. The van der Waals surface area contributed by atoms with Gasteiger partial charge in [-0.15, -0.1) is 0 Å². The number of amides is 1. The minimum Gasteiger partial charge on any atom is -0.481 e. The molecule has 0 unspecified atom stereocenters. The molecule has 0 spiro atoms. The minimum atomic E-state index is -0.512. The molecule has 0 heterocycles. The van der Waals surface area contributed by atoms with Crippen molar-refractivity contribution >= 4 is 11.6 Å². The third-order valence-corrected chi connectivity index (χ3v) is 1.79. The molecule has 14 heavy (non-hydrogen) atoms. The second-order valence-electron chi connectivity index (χ2n) is 2.95. The first kappa shape index (κ1) is 10.4. The number of nitrogens with two attached hydrogens (primary N) is 1. The van der Waals surface area contributed by atoms with Gasteiger partial charge in [0.2, 0.25) is 0 Å². The summed E-state index contributed by atoms with van der Waals surface area (Å²) in [7, 11) is 1.57. The van der Waals surface area contributed by atoms with Crippen molar-refractivity contribution < 1.29 is 9.53 Å². The second kappa shape index (κ2) is 4.50. The average molecular weight is 194 g/mol. The van der Waals surface area contributed by atoms with Gasteiger partial charge in [-0.2, -0.15) is 0 Å². The first-order valence-electron chi connectivity index (χ1n) is 4.37. The number of hydrogen-bond acceptors (Lipinski definition) is 3. The first-order valence-corrected chi connectivity index (χ1v) is 4.37. The summed E-state index contributed by atoms with van der Waals surface area (Å²) in [6.07, 6.45) is -0.512. The summed E-state index contributed by atoms with van der Waals surface area (Å²) in [6, 6.07) is 6.98. The number of nitrogens with one attached hydrogen (secondary N) is 1. The van der Waals surface area contributed by atoms with E-state index in [1.807, 2.05) is 0 Å². The number of carbonyl (C=O) groups excluding carboxylic acids is 1. The summed E-state index contributed by atoms with van der Waals surface area (Å²) in [5, 5.41) is 2.50. The third kappa shape index (κ3) is 2.65. The number of rotatable bonds is 3. The Balaban J connectivity index is 2.64. The molecule has 1 aromatic carbocycles. The van der Waals surface area contributed by atoms with E-state index in [0.717, 1.165) is 0 Å². The van der Waals surface area contributed by atoms with Gasteiger partial charge < -0.3 is 15.8 Å². The molecule has 0 bridgehead atoms. The minimum absolute atomic E-state index is 0.160. The molecule has 1 amide bonds. The monoisotopic (exact) mass is 194 g/mol. The van der Waals surface area contributed by atoms with Crippen LogP contribution in [0.5, 0.6) is 5.75 Å². The van der Waals surface area contributed by atoms with Gasteiger partial charge in [0.15, 0.2) is 6.10 Å². The summed E-state index contributed by atoms with van der Waals surface area (Å²) in [4.78, 5) is 11.1.